The Morgan fingerprint density at radius 2 is 2.24 bits per heavy atom. The number of benzene rings is 1. The second-order valence-corrected chi connectivity index (χ2v) is 6.24. The number of ether oxygens (including phenoxy) is 1. The standard InChI is InChI=1S/C18H20N4O2S/c1-3-22-11-13(15-7-5-6-8-16(15)22)10-19-21-18-20-14(12-25-18)9-17(23)24-4-2/h5-8,10-12H,3-4,9H2,1-2H3,(H,20,21)/b19-10-. The van der Waals surface area contributed by atoms with Gasteiger partial charge in [0.2, 0.25) is 5.13 Å². The summed E-state index contributed by atoms with van der Waals surface area (Å²) in [5.74, 6) is -0.268. The quantitative estimate of drug-likeness (QED) is 0.398. The molecule has 3 rings (SSSR count). The first kappa shape index (κ1) is 17.2. The number of nitrogens with one attached hydrogen (secondary N) is 1. The monoisotopic (exact) mass is 356 g/mol. The fraction of sp³-hybridized carbons (Fsp3) is 0.278. The Bertz CT molecular complexity index is 898. The molecule has 0 saturated heterocycles. The number of thiazole rings is 1. The molecule has 2 heterocycles. The van der Waals surface area contributed by atoms with Gasteiger partial charge in [0.15, 0.2) is 0 Å². The van der Waals surface area contributed by atoms with Gasteiger partial charge in [0.05, 0.1) is 24.9 Å². The lowest BCUT2D eigenvalue weighted by Crippen LogP contribution is -2.07. The number of anilines is 1. The average Bonchev–Trinajstić information content (AvgIpc) is 3.20. The maximum Gasteiger partial charge on any atom is 0.311 e. The van der Waals surface area contributed by atoms with E-state index in [1.165, 1.54) is 16.9 Å². The minimum Gasteiger partial charge on any atom is -0.466 e. The number of aryl methyl sites for hydroxylation is 1. The van der Waals surface area contributed by atoms with Gasteiger partial charge in [-0.3, -0.25) is 10.2 Å². The second-order valence-electron chi connectivity index (χ2n) is 5.38. The van der Waals surface area contributed by atoms with Crippen LogP contribution in [0.25, 0.3) is 10.9 Å². The van der Waals surface area contributed by atoms with E-state index in [1.807, 2.05) is 17.5 Å². The minimum atomic E-state index is -0.268. The summed E-state index contributed by atoms with van der Waals surface area (Å²) in [6.45, 7) is 5.19. The summed E-state index contributed by atoms with van der Waals surface area (Å²) in [5, 5.41) is 7.92. The van der Waals surface area contributed by atoms with Crippen molar-refractivity contribution in [3.63, 3.8) is 0 Å². The third kappa shape index (κ3) is 4.06. The number of hydrogen-bond donors (Lipinski definition) is 1. The second kappa shape index (κ2) is 7.94. The highest BCUT2D eigenvalue weighted by Gasteiger charge is 2.08. The van der Waals surface area contributed by atoms with Crippen molar-refractivity contribution in [2.75, 3.05) is 12.0 Å². The molecule has 130 valence electrons. The molecule has 6 nitrogen and oxygen atoms in total. The molecule has 2 aromatic heterocycles. The molecule has 0 aliphatic carbocycles. The van der Waals surface area contributed by atoms with E-state index in [-0.39, 0.29) is 12.4 Å². The Labute approximate surface area is 150 Å². The zero-order valence-electron chi connectivity index (χ0n) is 14.2. The first-order chi connectivity index (χ1) is 12.2. The lowest BCUT2D eigenvalue weighted by atomic mass is 10.2. The number of hydrazone groups is 1. The number of esters is 1. The molecule has 0 amide bonds. The summed E-state index contributed by atoms with van der Waals surface area (Å²) in [6, 6.07) is 8.25. The molecule has 0 atom stereocenters. The smallest absolute Gasteiger partial charge is 0.311 e. The highest BCUT2D eigenvalue weighted by molar-refractivity contribution is 7.13. The molecule has 7 heteroatoms. The van der Waals surface area contributed by atoms with Gasteiger partial charge in [-0.2, -0.15) is 5.10 Å². The summed E-state index contributed by atoms with van der Waals surface area (Å²) < 4.78 is 7.11. The van der Waals surface area contributed by atoms with Crippen LogP contribution in [0.4, 0.5) is 5.13 Å². The number of rotatable bonds is 7. The predicted octanol–water partition coefficient (Wildman–Crippen LogP) is 3.67. The summed E-state index contributed by atoms with van der Waals surface area (Å²) in [5.41, 5.74) is 5.85. The summed E-state index contributed by atoms with van der Waals surface area (Å²) in [6.07, 6.45) is 4.06. The SMILES string of the molecule is CCOC(=O)Cc1csc(N/N=C\c2cn(CC)c3ccccc23)n1. The topological polar surface area (TPSA) is 68.5 Å². The number of aromatic nitrogens is 2. The molecule has 25 heavy (non-hydrogen) atoms. The van der Waals surface area contributed by atoms with E-state index in [9.17, 15) is 4.79 Å². The molecule has 0 unspecified atom stereocenters. The predicted molar refractivity (Wildman–Crippen MR) is 101 cm³/mol. The van der Waals surface area contributed by atoms with Gasteiger partial charge in [-0.1, -0.05) is 18.2 Å². The Kier molecular flexibility index (Phi) is 5.45. The van der Waals surface area contributed by atoms with Gasteiger partial charge in [0.1, 0.15) is 0 Å². The van der Waals surface area contributed by atoms with Crippen LogP contribution < -0.4 is 5.43 Å². The normalized spacial score (nSPS) is 11.3. The van der Waals surface area contributed by atoms with Crippen LogP contribution in [0.3, 0.4) is 0 Å². The van der Waals surface area contributed by atoms with Crippen LogP contribution in [0.2, 0.25) is 0 Å². The van der Waals surface area contributed by atoms with Crippen LogP contribution in [0.1, 0.15) is 25.1 Å². The first-order valence-electron chi connectivity index (χ1n) is 8.18. The average molecular weight is 356 g/mol. The molecule has 0 fully saturated rings. The molecule has 0 spiro atoms. The third-order valence-electron chi connectivity index (χ3n) is 3.71. The van der Waals surface area contributed by atoms with Gasteiger partial charge in [0.25, 0.3) is 0 Å². The van der Waals surface area contributed by atoms with E-state index in [4.69, 9.17) is 4.74 Å². The van der Waals surface area contributed by atoms with E-state index in [0.717, 1.165) is 17.5 Å². The van der Waals surface area contributed by atoms with Gasteiger partial charge < -0.3 is 9.30 Å². The van der Waals surface area contributed by atoms with Gasteiger partial charge in [0, 0.05) is 34.6 Å². The number of nitrogens with zero attached hydrogens (tertiary/aromatic N) is 3. The van der Waals surface area contributed by atoms with Crippen molar-refractivity contribution in [3.8, 4) is 0 Å². The molecule has 0 aliphatic heterocycles. The molecule has 1 N–H and O–H groups in total. The summed E-state index contributed by atoms with van der Waals surface area (Å²) in [4.78, 5) is 15.8. The van der Waals surface area contributed by atoms with Crippen LogP contribution >= 0.6 is 11.3 Å². The fourth-order valence-electron chi connectivity index (χ4n) is 2.60. The molecule has 0 aliphatic rings. The van der Waals surface area contributed by atoms with Crippen LogP contribution in [0.5, 0.6) is 0 Å². The molecular weight excluding hydrogens is 336 g/mol. The van der Waals surface area contributed by atoms with E-state index in [2.05, 4.69) is 45.3 Å². The number of para-hydroxylation sites is 1. The van der Waals surface area contributed by atoms with Crippen molar-refractivity contribution in [2.24, 2.45) is 5.10 Å². The zero-order chi connectivity index (χ0) is 17.6. The fourth-order valence-corrected chi connectivity index (χ4v) is 3.26. The first-order valence-corrected chi connectivity index (χ1v) is 9.06. The zero-order valence-corrected chi connectivity index (χ0v) is 15.0. The van der Waals surface area contributed by atoms with Crippen LogP contribution in [-0.2, 0) is 22.5 Å². The van der Waals surface area contributed by atoms with E-state index < -0.39 is 0 Å². The molecule has 1 aromatic carbocycles. The number of hydrogen-bond acceptors (Lipinski definition) is 6. The molecule has 0 saturated carbocycles. The maximum absolute atomic E-state index is 11.5. The number of carbonyl (C=O) groups is 1. The maximum atomic E-state index is 11.5. The summed E-state index contributed by atoms with van der Waals surface area (Å²) in [7, 11) is 0. The van der Waals surface area contributed by atoms with E-state index in [0.29, 0.717) is 17.4 Å². The number of fused-ring (bicyclic) bond motifs is 1. The van der Waals surface area contributed by atoms with Crippen molar-refractivity contribution in [2.45, 2.75) is 26.8 Å². The molecule has 0 bridgehead atoms. The van der Waals surface area contributed by atoms with Gasteiger partial charge >= 0.3 is 5.97 Å². The highest BCUT2D eigenvalue weighted by Crippen LogP contribution is 2.20. The highest BCUT2D eigenvalue weighted by atomic mass is 32.1. The van der Waals surface area contributed by atoms with Gasteiger partial charge in [-0.25, -0.2) is 4.98 Å². The van der Waals surface area contributed by atoms with Crippen LogP contribution in [-0.4, -0.2) is 28.3 Å². The molecule has 0 radical (unpaired) electrons. The van der Waals surface area contributed by atoms with E-state index >= 15 is 0 Å². The van der Waals surface area contributed by atoms with Crippen LogP contribution in [0.15, 0.2) is 40.9 Å². The van der Waals surface area contributed by atoms with Crippen molar-refractivity contribution in [3.05, 3.63) is 47.1 Å². The number of carbonyl (C=O) groups excluding carboxylic acids is 1. The third-order valence-corrected chi connectivity index (χ3v) is 4.50. The Morgan fingerprint density at radius 3 is 3.04 bits per heavy atom. The van der Waals surface area contributed by atoms with Gasteiger partial charge in [-0.05, 0) is 19.9 Å². The summed E-state index contributed by atoms with van der Waals surface area (Å²) >= 11 is 1.41. The lowest BCUT2D eigenvalue weighted by Gasteiger charge is -1.98. The van der Waals surface area contributed by atoms with Gasteiger partial charge in [-0.15, -0.1) is 11.3 Å². The molecule has 3 aromatic rings. The lowest BCUT2D eigenvalue weighted by molar-refractivity contribution is -0.142. The Morgan fingerprint density at radius 1 is 1.40 bits per heavy atom. The molecular formula is C18H20N4O2S. The van der Waals surface area contributed by atoms with Crippen molar-refractivity contribution in [1.29, 1.82) is 0 Å². The minimum absolute atomic E-state index is 0.180. The van der Waals surface area contributed by atoms with Crippen molar-refractivity contribution < 1.29 is 9.53 Å². The Hall–Kier alpha value is -2.67. The van der Waals surface area contributed by atoms with Crippen molar-refractivity contribution >= 4 is 39.6 Å². The van der Waals surface area contributed by atoms with Crippen molar-refractivity contribution in [1.82, 2.24) is 9.55 Å². The largest absolute Gasteiger partial charge is 0.466 e. The van der Waals surface area contributed by atoms with E-state index in [1.54, 1.807) is 13.1 Å². The Balaban J connectivity index is 1.68. The van der Waals surface area contributed by atoms with Crippen LogP contribution in [0, 0.1) is 0 Å².